The molecule has 0 fully saturated rings. The molecule has 3 rings (SSSR count). The first-order valence-electron chi connectivity index (χ1n) is 7.69. The maximum Gasteiger partial charge on any atom is 0.361 e. The summed E-state index contributed by atoms with van der Waals surface area (Å²) in [6, 6.07) is 12.6. The molecule has 0 unspecified atom stereocenters. The van der Waals surface area contributed by atoms with Crippen LogP contribution in [0.2, 0.25) is 0 Å². The first-order valence-corrected chi connectivity index (χ1v) is 7.69. The molecule has 0 aliphatic heterocycles. The first-order chi connectivity index (χ1) is 12.6. The van der Waals surface area contributed by atoms with Gasteiger partial charge in [-0.05, 0) is 31.2 Å². The summed E-state index contributed by atoms with van der Waals surface area (Å²) in [5, 5.41) is 20.9. The molecule has 0 atom stereocenters. The lowest BCUT2D eigenvalue weighted by Crippen LogP contribution is -2.06. The van der Waals surface area contributed by atoms with E-state index in [4.69, 9.17) is 9.47 Å². The average molecular weight is 354 g/mol. The van der Waals surface area contributed by atoms with E-state index in [1.165, 1.54) is 24.3 Å². The minimum atomic E-state index is -0.571. The summed E-state index contributed by atoms with van der Waals surface area (Å²) in [7, 11) is 0. The van der Waals surface area contributed by atoms with Crippen molar-refractivity contribution in [3.63, 3.8) is 0 Å². The Labute approximate surface area is 147 Å². The lowest BCUT2D eigenvalue weighted by Gasteiger charge is -2.07. The molecule has 3 aromatic rings. The predicted octanol–water partition coefficient (Wildman–Crippen LogP) is 3.35. The second-order valence-electron chi connectivity index (χ2n) is 5.12. The smallest absolute Gasteiger partial charge is 0.361 e. The Morgan fingerprint density at radius 3 is 2.62 bits per heavy atom. The van der Waals surface area contributed by atoms with Crippen molar-refractivity contribution in [3.05, 3.63) is 64.3 Å². The van der Waals surface area contributed by atoms with Gasteiger partial charge >= 0.3 is 5.97 Å². The topological polar surface area (TPSA) is 120 Å². The molecule has 9 nitrogen and oxygen atoms in total. The van der Waals surface area contributed by atoms with Gasteiger partial charge in [0.25, 0.3) is 5.69 Å². The number of nitro groups is 1. The standard InChI is InChI=1S/C17H14N4O5/c1-2-25-17(22)16-15(18-20-19-16)11-4-3-5-14(10-11)26-13-8-6-12(7-9-13)21(23)24/h3-10H,2H2,1H3,(H,18,19,20). The molecule has 132 valence electrons. The fourth-order valence-corrected chi connectivity index (χ4v) is 2.25. The first kappa shape index (κ1) is 17.1. The molecule has 0 radical (unpaired) electrons. The third kappa shape index (κ3) is 3.66. The highest BCUT2D eigenvalue weighted by molar-refractivity contribution is 5.93. The number of carbonyl (C=O) groups excluding carboxylic acids is 1. The van der Waals surface area contributed by atoms with E-state index < -0.39 is 10.9 Å². The highest BCUT2D eigenvalue weighted by atomic mass is 16.6. The van der Waals surface area contributed by atoms with Crippen molar-refractivity contribution in [3.8, 4) is 22.8 Å². The van der Waals surface area contributed by atoms with E-state index in [-0.39, 0.29) is 18.0 Å². The maximum atomic E-state index is 11.9. The molecule has 1 aromatic heterocycles. The fraction of sp³-hybridized carbons (Fsp3) is 0.118. The molecule has 9 heteroatoms. The van der Waals surface area contributed by atoms with Crippen LogP contribution in [0.3, 0.4) is 0 Å². The van der Waals surface area contributed by atoms with Gasteiger partial charge < -0.3 is 9.47 Å². The summed E-state index contributed by atoms with van der Waals surface area (Å²) >= 11 is 0. The number of nitrogens with one attached hydrogen (secondary N) is 1. The van der Waals surface area contributed by atoms with Gasteiger partial charge in [-0.1, -0.05) is 12.1 Å². The quantitative estimate of drug-likeness (QED) is 0.409. The van der Waals surface area contributed by atoms with Crippen molar-refractivity contribution >= 4 is 11.7 Å². The van der Waals surface area contributed by atoms with Crippen LogP contribution in [0.15, 0.2) is 48.5 Å². The molecule has 0 aliphatic carbocycles. The second-order valence-corrected chi connectivity index (χ2v) is 5.12. The number of rotatable bonds is 6. The van der Waals surface area contributed by atoms with E-state index in [0.717, 1.165) is 0 Å². The minimum Gasteiger partial charge on any atom is -0.461 e. The van der Waals surface area contributed by atoms with Gasteiger partial charge in [-0.15, -0.1) is 5.10 Å². The molecule has 0 aliphatic rings. The van der Waals surface area contributed by atoms with Crippen LogP contribution in [-0.4, -0.2) is 32.9 Å². The molecule has 0 saturated heterocycles. The van der Waals surface area contributed by atoms with Crippen LogP contribution in [0.5, 0.6) is 11.5 Å². The van der Waals surface area contributed by atoms with Crippen LogP contribution in [0.4, 0.5) is 5.69 Å². The Kier molecular flexibility index (Phi) is 4.88. The van der Waals surface area contributed by atoms with Gasteiger partial charge in [0.05, 0.1) is 11.5 Å². The van der Waals surface area contributed by atoms with Crippen LogP contribution < -0.4 is 4.74 Å². The largest absolute Gasteiger partial charge is 0.461 e. The summed E-state index contributed by atoms with van der Waals surface area (Å²) in [5.74, 6) is 0.352. The summed E-state index contributed by atoms with van der Waals surface area (Å²) in [6.07, 6.45) is 0. The summed E-state index contributed by atoms with van der Waals surface area (Å²) < 4.78 is 10.7. The Balaban J connectivity index is 1.84. The van der Waals surface area contributed by atoms with Gasteiger partial charge in [-0.3, -0.25) is 10.1 Å². The molecule has 0 bridgehead atoms. The lowest BCUT2D eigenvalue weighted by molar-refractivity contribution is -0.384. The maximum absolute atomic E-state index is 11.9. The van der Waals surface area contributed by atoms with E-state index in [2.05, 4.69) is 15.4 Å². The molecule has 0 spiro atoms. The van der Waals surface area contributed by atoms with Crippen molar-refractivity contribution in [2.75, 3.05) is 6.61 Å². The molecule has 2 aromatic carbocycles. The second kappa shape index (κ2) is 7.43. The number of H-pyrrole nitrogens is 1. The number of esters is 1. The number of nitro benzene ring substituents is 1. The van der Waals surface area contributed by atoms with E-state index in [0.29, 0.717) is 22.8 Å². The monoisotopic (exact) mass is 354 g/mol. The zero-order chi connectivity index (χ0) is 18.5. The van der Waals surface area contributed by atoms with E-state index in [9.17, 15) is 14.9 Å². The normalized spacial score (nSPS) is 10.3. The summed E-state index contributed by atoms with van der Waals surface area (Å²) in [6.45, 7) is 1.94. The van der Waals surface area contributed by atoms with Crippen molar-refractivity contribution in [2.45, 2.75) is 6.92 Å². The molecular weight excluding hydrogens is 340 g/mol. The van der Waals surface area contributed by atoms with Gasteiger partial charge in [0, 0.05) is 17.7 Å². The number of aromatic nitrogens is 3. The van der Waals surface area contributed by atoms with Crippen molar-refractivity contribution in [1.82, 2.24) is 15.4 Å². The van der Waals surface area contributed by atoms with Gasteiger partial charge in [-0.2, -0.15) is 10.3 Å². The number of non-ortho nitro benzene ring substituents is 1. The molecule has 26 heavy (non-hydrogen) atoms. The molecule has 0 amide bonds. The van der Waals surface area contributed by atoms with Crippen LogP contribution in [0, 0.1) is 10.1 Å². The van der Waals surface area contributed by atoms with E-state index >= 15 is 0 Å². The van der Waals surface area contributed by atoms with E-state index in [1.807, 2.05) is 0 Å². The zero-order valence-corrected chi connectivity index (χ0v) is 13.7. The number of hydrogen-bond donors (Lipinski definition) is 1. The van der Waals surface area contributed by atoms with Crippen LogP contribution in [-0.2, 0) is 4.74 Å². The molecule has 1 heterocycles. The number of carbonyl (C=O) groups is 1. The summed E-state index contributed by atoms with van der Waals surface area (Å²) in [4.78, 5) is 22.1. The Bertz CT molecular complexity index is 936. The Hall–Kier alpha value is -3.75. The summed E-state index contributed by atoms with van der Waals surface area (Å²) in [5.41, 5.74) is 1.02. The molecular formula is C17H14N4O5. The number of aromatic amines is 1. The van der Waals surface area contributed by atoms with Crippen molar-refractivity contribution in [1.29, 1.82) is 0 Å². The lowest BCUT2D eigenvalue weighted by atomic mass is 10.1. The Morgan fingerprint density at radius 1 is 1.15 bits per heavy atom. The van der Waals surface area contributed by atoms with Gasteiger partial charge in [-0.25, -0.2) is 4.79 Å². The van der Waals surface area contributed by atoms with Crippen LogP contribution >= 0.6 is 0 Å². The minimum absolute atomic E-state index is 0.0206. The third-order valence-electron chi connectivity index (χ3n) is 3.41. The van der Waals surface area contributed by atoms with Crippen LogP contribution in [0.25, 0.3) is 11.3 Å². The number of benzene rings is 2. The predicted molar refractivity (Wildman–Crippen MR) is 90.9 cm³/mol. The van der Waals surface area contributed by atoms with Crippen molar-refractivity contribution < 1.29 is 19.2 Å². The van der Waals surface area contributed by atoms with E-state index in [1.54, 1.807) is 31.2 Å². The Morgan fingerprint density at radius 2 is 1.92 bits per heavy atom. The number of nitrogens with zero attached hydrogens (tertiary/aromatic N) is 3. The fourth-order valence-electron chi connectivity index (χ4n) is 2.25. The highest BCUT2D eigenvalue weighted by Crippen LogP contribution is 2.28. The average Bonchev–Trinajstić information content (AvgIpc) is 3.12. The van der Waals surface area contributed by atoms with Crippen molar-refractivity contribution in [2.24, 2.45) is 0 Å². The van der Waals surface area contributed by atoms with Gasteiger partial charge in [0.15, 0.2) is 5.69 Å². The third-order valence-corrected chi connectivity index (χ3v) is 3.41. The number of ether oxygens (including phenoxy) is 2. The van der Waals surface area contributed by atoms with Crippen LogP contribution in [0.1, 0.15) is 17.4 Å². The van der Waals surface area contributed by atoms with Gasteiger partial charge in [0.1, 0.15) is 17.2 Å². The zero-order valence-electron chi connectivity index (χ0n) is 13.7. The van der Waals surface area contributed by atoms with Gasteiger partial charge in [0.2, 0.25) is 0 Å². The SMILES string of the molecule is CCOC(=O)c1n[nH]nc1-c1cccc(Oc2ccc([N+](=O)[O-])cc2)c1. The molecule has 0 saturated carbocycles. The molecule has 1 N–H and O–H groups in total. The highest BCUT2D eigenvalue weighted by Gasteiger charge is 2.19. The number of hydrogen-bond acceptors (Lipinski definition) is 7.